The minimum absolute atomic E-state index is 0. The number of rotatable bonds is 4. The van der Waals surface area contributed by atoms with E-state index in [9.17, 15) is 0 Å². The molecule has 0 aliphatic heterocycles. The molecule has 0 bridgehead atoms. The summed E-state index contributed by atoms with van der Waals surface area (Å²) in [5.74, 6) is 0. The van der Waals surface area contributed by atoms with Crippen molar-refractivity contribution in [2.75, 3.05) is 27.2 Å². The van der Waals surface area contributed by atoms with E-state index in [-0.39, 0.29) is 12.4 Å². The fourth-order valence-electron chi connectivity index (χ4n) is 0.656. The van der Waals surface area contributed by atoms with Crippen LogP contribution in [0.4, 0.5) is 0 Å². The average molecular weight is 178 g/mol. The lowest BCUT2D eigenvalue weighted by molar-refractivity contribution is -0.882. The second-order valence-electron chi connectivity index (χ2n) is 3.31. The van der Waals surface area contributed by atoms with Crippen LogP contribution in [-0.4, -0.2) is 31.7 Å². The average Bonchev–Trinajstić information content (AvgIpc) is 1.89. The van der Waals surface area contributed by atoms with Gasteiger partial charge in [-0.1, -0.05) is 13.0 Å². The lowest BCUT2D eigenvalue weighted by Crippen LogP contribution is -3.00. The quantitative estimate of drug-likeness (QED) is 0.384. The maximum Gasteiger partial charge on any atom is 0.0969 e. The van der Waals surface area contributed by atoms with Crippen molar-refractivity contribution in [3.8, 4) is 0 Å². The lowest BCUT2D eigenvalue weighted by Gasteiger charge is -2.26. The minimum Gasteiger partial charge on any atom is -1.00 e. The first-order valence-corrected chi connectivity index (χ1v) is 4.09. The van der Waals surface area contributed by atoms with Crippen LogP contribution in [0.1, 0.15) is 20.3 Å². The van der Waals surface area contributed by atoms with Crippen molar-refractivity contribution in [3.05, 3.63) is 12.2 Å². The first-order valence-electron chi connectivity index (χ1n) is 4.09. The Morgan fingerprint density at radius 2 is 1.64 bits per heavy atom. The smallest absolute Gasteiger partial charge is 0.0969 e. The number of halogens is 1. The molecule has 0 N–H and O–H groups in total. The molecule has 0 heterocycles. The van der Waals surface area contributed by atoms with E-state index >= 15 is 0 Å². The molecule has 0 aliphatic rings. The molecule has 0 amide bonds. The van der Waals surface area contributed by atoms with Crippen molar-refractivity contribution in [1.82, 2.24) is 0 Å². The van der Waals surface area contributed by atoms with Crippen LogP contribution in [0, 0.1) is 0 Å². The van der Waals surface area contributed by atoms with Crippen LogP contribution >= 0.6 is 0 Å². The van der Waals surface area contributed by atoms with Gasteiger partial charge in [0.1, 0.15) is 0 Å². The van der Waals surface area contributed by atoms with Gasteiger partial charge in [0.05, 0.1) is 27.2 Å². The molecule has 1 nitrogen and oxygen atoms in total. The molecule has 0 aromatic carbocycles. The Bertz CT molecular complexity index is 108. The highest BCUT2D eigenvalue weighted by Crippen LogP contribution is 1.95. The maximum atomic E-state index is 2.27. The molecule has 0 aliphatic carbocycles. The Labute approximate surface area is 77.1 Å². The number of hydrogen-bond acceptors (Lipinski definition) is 0. The monoisotopic (exact) mass is 177 g/mol. The molecule has 0 rings (SSSR count). The van der Waals surface area contributed by atoms with Gasteiger partial charge in [-0.3, -0.25) is 0 Å². The van der Waals surface area contributed by atoms with Crippen LogP contribution in [0.3, 0.4) is 0 Å². The second-order valence-corrected chi connectivity index (χ2v) is 3.31. The van der Waals surface area contributed by atoms with Gasteiger partial charge in [-0.15, -0.1) is 0 Å². The standard InChI is InChI=1S/C9H20N.ClH/c1-5-7-8-9-10(3,4)6-2;/h7-8H,5-6,9H2,1-4H3;1H/q+1;/p-1. The summed E-state index contributed by atoms with van der Waals surface area (Å²) < 4.78 is 1.09. The molecule has 0 unspecified atom stereocenters. The van der Waals surface area contributed by atoms with Gasteiger partial charge in [0.25, 0.3) is 0 Å². The molecule has 0 radical (unpaired) electrons. The van der Waals surface area contributed by atoms with Crippen LogP contribution in [0.15, 0.2) is 12.2 Å². The van der Waals surface area contributed by atoms with Gasteiger partial charge in [0, 0.05) is 0 Å². The molecule has 0 aromatic rings. The van der Waals surface area contributed by atoms with Crippen LogP contribution in [0.25, 0.3) is 0 Å². The van der Waals surface area contributed by atoms with Crippen LogP contribution in [0.5, 0.6) is 0 Å². The van der Waals surface area contributed by atoms with Gasteiger partial charge in [-0.05, 0) is 19.4 Å². The Hall–Kier alpha value is -0.0100. The molecule has 0 fully saturated rings. The fourth-order valence-corrected chi connectivity index (χ4v) is 0.656. The topological polar surface area (TPSA) is 0 Å². The molecule has 0 spiro atoms. The van der Waals surface area contributed by atoms with Crippen molar-refractivity contribution in [1.29, 1.82) is 0 Å². The van der Waals surface area contributed by atoms with Crippen molar-refractivity contribution >= 4 is 0 Å². The molecule has 0 atom stereocenters. The fraction of sp³-hybridized carbons (Fsp3) is 0.778. The van der Waals surface area contributed by atoms with Crippen molar-refractivity contribution in [3.63, 3.8) is 0 Å². The zero-order valence-corrected chi connectivity index (χ0v) is 8.86. The highest BCUT2D eigenvalue weighted by atomic mass is 35.5. The van der Waals surface area contributed by atoms with E-state index in [4.69, 9.17) is 0 Å². The number of hydrogen-bond donors (Lipinski definition) is 0. The summed E-state index contributed by atoms with van der Waals surface area (Å²) in [4.78, 5) is 0. The molecular weight excluding hydrogens is 158 g/mol. The highest BCUT2D eigenvalue weighted by molar-refractivity contribution is 4.79. The molecule has 68 valence electrons. The van der Waals surface area contributed by atoms with Crippen molar-refractivity contribution in [2.24, 2.45) is 0 Å². The summed E-state index contributed by atoms with van der Waals surface area (Å²) in [5, 5.41) is 0. The van der Waals surface area contributed by atoms with Crippen LogP contribution in [-0.2, 0) is 0 Å². The Kier molecular flexibility index (Phi) is 8.25. The molecule has 0 saturated heterocycles. The number of quaternary nitrogens is 1. The van der Waals surface area contributed by atoms with Crippen LogP contribution < -0.4 is 12.4 Å². The third-order valence-corrected chi connectivity index (χ3v) is 1.86. The van der Waals surface area contributed by atoms with E-state index in [2.05, 4.69) is 40.1 Å². The number of allylic oxidation sites excluding steroid dienone is 1. The van der Waals surface area contributed by atoms with Crippen molar-refractivity contribution < 1.29 is 16.9 Å². The summed E-state index contributed by atoms with van der Waals surface area (Å²) >= 11 is 0. The van der Waals surface area contributed by atoms with Gasteiger partial charge in [-0.25, -0.2) is 0 Å². The van der Waals surface area contributed by atoms with Crippen LogP contribution in [0.2, 0.25) is 0 Å². The normalized spacial score (nSPS) is 11.6. The number of likely N-dealkylation sites (N-methyl/N-ethyl adjacent to an activating group) is 1. The van der Waals surface area contributed by atoms with E-state index in [0.717, 1.165) is 17.4 Å². The Morgan fingerprint density at radius 1 is 1.09 bits per heavy atom. The van der Waals surface area contributed by atoms with E-state index in [0.29, 0.717) is 0 Å². The van der Waals surface area contributed by atoms with Gasteiger partial charge in [0.2, 0.25) is 0 Å². The summed E-state index contributed by atoms with van der Waals surface area (Å²) in [5.41, 5.74) is 0. The zero-order valence-electron chi connectivity index (χ0n) is 8.10. The maximum absolute atomic E-state index is 2.27. The first-order chi connectivity index (χ1) is 4.62. The third-order valence-electron chi connectivity index (χ3n) is 1.86. The molecule has 2 heteroatoms. The Balaban J connectivity index is 0. The Morgan fingerprint density at radius 3 is 2.00 bits per heavy atom. The van der Waals surface area contributed by atoms with Crippen molar-refractivity contribution in [2.45, 2.75) is 20.3 Å². The molecule has 0 saturated carbocycles. The zero-order chi connectivity index (χ0) is 8.04. The molecular formula is C9H20ClN. The predicted molar refractivity (Wildman–Crippen MR) is 46.9 cm³/mol. The van der Waals surface area contributed by atoms with Gasteiger partial charge >= 0.3 is 0 Å². The van der Waals surface area contributed by atoms with E-state index in [1.54, 1.807) is 0 Å². The minimum atomic E-state index is 0. The van der Waals surface area contributed by atoms with E-state index < -0.39 is 0 Å². The van der Waals surface area contributed by atoms with E-state index in [1.165, 1.54) is 6.54 Å². The molecule has 11 heavy (non-hydrogen) atoms. The van der Waals surface area contributed by atoms with Gasteiger partial charge in [-0.2, -0.15) is 0 Å². The lowest BCUT2D eigenvalue weighted by atomic mass is 10.3. The number of nitrogens with zero attached hydrogens (tertiary/aromatic N) is 1. The predicted octanol–water partition coefficient (Wildman–Crippen LogP) is -0.947. The summed E-state index contributed by atoms with van der Waals surface area (Å²) in [6, 6.07) is 0. The van der Waals surface area contributed by atoms with Gasteiger partial charge in [0.15, 0.2) is 0 Å². The molecule has 0 aromatic heterocycles. The SMILES string of the molecule is CCC=CC[N+](C)(C)CC.[Cl-]. The largest absolute Gasteiger partial charge is 1.00 e. The van der Waals surface area contributed by atoms with E-state index in [1.807, 2.05) is 0 Å². The summed E-state index contributed by atoms with van der Waals surface area (Å²) in [6.45, 7) is 6.75. The van der Waals surface area contributed by atoms with Gasteiger partial charge < -0.3 is 16.9 Å². The highest BCUT2D eigenvalue weighted by Gasteiger charge is 2.06. The summed E-state index contributed by atoms with van der Waals surface area (Å²) in [7, 11) is 4.50. The second kappa shape index (κ2) is 6.68. The third kappa shape index (κ3) is 7.89. The first kappa shape index (κ1) is 13.6. The summed E-state index contributed by atoms with van der Waals surface area (Å²) in [6.07, 6.45) is 5.66.